The summed E-state index contributed by atoms with van der Waals surface area (Å²) in [5.41, 5.74) is 0.970. The van der Waals surface area contributed by atoms with Crippen LogP contribution in [0.1, 0.15) is 71.0 Å². The predicted octanol–water partition coefficient (Wildman–Crippen LogP) is 5.57. The van der Waals surface area contributed by atoms with Crippen molar-refractivity contribution >= 4 is 22.9 Å². The number of carbonyl (C=O) groups is 1. The summed E-state index contributed by atoms with van der Waals surface area (Å²) >= 11 is 0.930. The highest BCUT2D eigenvalue weighted by Gasteiger charge is 2.39. The van der Waals surface area contributed by atoms with Crippen LogP contribution >= 0.6 is 11.3 Å². The van der Waals surface area contributed by atoms with Crippen LogP contribution in [0.4, 0.5) is 18.9 Å². The Morgan fingerprint density at radius 2 is 2.08 bits per heavy atom. The lowest BCUT2D eigenvalue weighted by Gasteiger charge is -2.20. The normalized spacial score (nSPS) is 18.5. The number of nitrogens with one attached hydrogen (secondary N) is 1. The van der Waals surface area contributed by atoms with E-state index in [1.807, 2.05) is 20.8 Å². The van der Waals surface area contributed by atoms with E-state index in [1.165, 1.54) is 12.1 Å². The van der Waals surface area contributed by atoms with Gasteiger partial charge in [-0.1, -0.05) is 20.8 Å². The highest BCUT2D eigenvalue weighted by atomic mass is 32.1. The van der Waals surface area contributed by atoms with E-state index >= 15 is 0 Å². The van der Waals surface area contributed by atoms with Gasteiger partial charge in [0.15, 0.2) is 0 Å². The molecule has 1 unspecified atom stereocenters. The van der Waals surface area contributed by atoms with E-state index in [1.54, 1.807) is 6.92 Å². The number of fused-ring (bicyclic) bond motifs is 1. The van der Waals surface area contributed by atoms with Crippen molar-refractivity contribution < 1.29 is 18.0 Å². The second kappa shape index (κ2) is 6.12. The van der Waals surface area contributed by atoms with E-state index in [-0.39, 0.29) is 22.0 Å². The lowest BCUT2D eigenvalue weighted by Crippen LogP contribution is -2.16. The van der Waals surface area contributed by atoms with Gasteiger partial charge in [0.05, 0.1) is 5.01 Å². The number of hydrogen-bond acceptors (Lipinski definition) is 3. The zero-order valence-electron chi connectivity index (χ0n) is 14.4. The van der Waals surface area contributed by atoms with Crippen molar-refractivity contribution in [1.82, 2.24) is 4.98 Å². The molecule has 0 saturated carbocycles. The van der Waals surface area contributed by atoms with Crippen molar-refractivity contribution in [2.24, 2.45) is 0 Å². The minimum Gasteiger partial charge on any atom is -0.321 e. The summed E-state index contributed by atoms with van der Waals surface area (Å²) in [5.74, 6) is -0.871. The molecule has 1 atom stereocenters. The van der Waals surface area contributed by atoms with Crippen molar-refractivity contribution in [3.63, 3.8) is 0 Å². The number of carbonyl (C=O) groups excluding carboxylic acids is 1. The topological polar surface area (TPSA) is 42.0 Å². The first kappa shape index (κ1) is 17.9. The molecule has 0 bridgehead atoms. The number of aryl methyl sites for hydroxylation is 1. The average Bonchev–Trinajstić information content (AvgIpc) is 3.00. The SMILES string of the molecule is Cc1nc(C(F)F)c(C(=O)Nc2ccc(F)c3c2C(C)CC3(C)C)s1. The van der Waals surface area contributed by atoms with Crippen LogP contribution in [0.2, 0.25) is 0 Å². The van der Waals surface area contributed by atoms with Gasteiger partial charge in [-0.25, -0.2) is 18.2 Å². The largest absolute Gasteiger partial charge is 0.321 e. The molecule has 1 heterocycles. The smallest absolute Gasteiger partial charge is 0.282 e. The van der Waals surface area contributed by atoms with Crippen LogP contribution in [0.25, 0.3) is 0 Å². The summed E-state index contributed by atoms with van der Waals surface area (Å²) in [6, 6.07) is 2.82. The molecular weight excluding hydrogens is 349 g/mol. The molecule has 0 saturated heterocycles. The third-order valence-corrected chi connectivity index (χ3v) is 5.59. The third kappa shape index (κ3) is 3.05. The van der Waals surface area contributed by atoms with E-state index in [9.17, 15) is 18.0 Å². The van der Waals surface area contributed by atoms with Gasteiger partial charge in [-0.15, -0.1) is 11.3 Å². The number of rotatable bonds is 3. The van der Waals surface area contributed by atoms with Crippen LogP contribution in [0.3, 0.4) is 0 Å². The highest BCUT2D eigenvalue weighted by Crippen LogP contribution is 2.49. The van der Waals surface area contributed by atoms with Gasteiger partial charge in [0.2, 0.25) is 0 Å². The van der Waals surface area contributed by atoms with Gasteiger partial charge < -0.3 is 5.32 Å². The molecule has 3 rings (SSSR count). The number of halogens is 3. The number of anilines is 1. The standard InChI is InChI=1S/C18H19F3N2OS/c1-8-7-18(3,4)13-10(19)5-6-11(12(8)13)23-17(24)15-14(16(20)21)22-9(2)25-15/h5-6,8,16H,7H2,1-4H3,(H,23,24). The lowest BCUT2D eigenvalue weighted by molar-refractivity contribution is 0.101. The monoisotopic (exact) mass is 368 g/mol. The Labute approximate surface area is 148 Å². The lowest BCUT2D eigenvalue weighted by atomic mass is 9.86. The van der Waals surface area contributed by atoms with Crippen molar-refractivity contribution in [1.29, 1.82) is 0 Å². The Hall–Kier alpha value is -1.89. The average molecular weight is 368 g/mol. The van der Waals surface area contributed by atoms with Gasteiger partial charge in [0.25, 0.3) is 12.3 Å². The molecule has 1 aliphatic carbocycles. The first-order chi connectivity index (χ1) is 11.6. The minimum absolute atomic E-state index is 0.0637. The summed E-state index contributed by atoms with van der Waals surface area (Å²) in [4.78, 5) is 16.2. The molecule has 2 aromatic rings. The van der Waals surface area contributed by atoms with Crippen molar-refractivity contribution in [2.45, 2.75) is 51.9 Å². The maximum absolute atomic E-state index is 14.4. The van der Waals surface area contributed by atoms with Crippen molar-refractivity contribution in [3.05, 3.63) is 44.7 Å². The molecule has 0 fully saturated rings. The van der Waals surface area contributed by atoms with Crippen molar-refractivity contribution in [2.75, 3.05) is 5.32 Å². The number of amides is 1. The van der Waals surface area contributed by atoms with Gasteiger partial charge in [-0.05, 0) is 47.9 Å². The summed E-state index contributed by atoms with van der Waals surface area (Å²) in [5, 5.41) is 3.10. The number of alkyl halides is 2. The number of nitrogens with zero attached hydrogens (tertiary/aromatic N) is 1. The van der Waals surface area contributed by atoms with Gasteiger partial charge in [0.1, 0.15) is 16.4 Å². The van der Waals surface area contributed by atoms with Crippen LogP contribution in [-0.2, 0) is 5.41 Å². The molecule has 7 heteroatoms. The number of thiazole rings is 1. The number of hydrogen-bond donors (Lipinski definition) is 1. The molecule has 1 aliphatic rings. The molecular formula is C18H19F3N2OS. The summed E-state index contributed by atoms with van der Waals surface area (Å²) in [7, 11) is 0. The first-order valence-electron chi connectivity index (χ1n) is 8.01. The molecule has 134 valence electrons. The molecule has 25 heavy (non-hydrogen) atoms. The van der Waals surface area contributed by atoms with Crippen LogP contribution in [0.15, 0.2) is 12.1 Å². The van der Waals surface area contributed by atoms with Crippen LogP contribution in [0.5, 0.6) is 0 Å². The van der Waals surface area contributed by atoms with Crippen LogP contribution in [-0.4, -0.2) is 10.9 Å². The Morgan fingerprint density at radius 3 is 2.72 bits per heavy atom. The number of aromatic nitrogens is 1. The predicted molar refractivity (Wildman–Crippen MR) is 92.2 cm³/mol. The van der Waals surface area contributed by atoms with Gasteiger partial charge in [-0.3, -0.25) is 4.79 Å². The molecule has 1 amide bonds. The number of benzene rings is 1. The summed E-state index contributed by atoms with van der Waals surface area (Å²) in [6.45, 7) is 7.48. The van der Waals surface area contributed by atoms with Crippen molar-refractivity contribution in [3.8, 4) is 0 Å². The molecule has 0 aliphatic heterocycles. The Balaban J connectivity index is 2.01. The minimum atomic E-state index is -2.82. The van der Waals surface area contributed by atoms with Crippen LogP contribution in [0, 0.1) is 12.7 Å². The molecule has 3 nitrogen and oxygen atoms in total. The Bertz CT molecular complexity index is 845. The summed E-state index contributed by atoms with van der Waals surface area (Å²) < 4.78 is 40.5. The molecule has 1 aromatic heterocycles. The fourth-order valence-corrected chi connectivity index (χ4v) is 4.63. The van der Waals surface area contributed by atoms with Gasteiger partial charge in [0, 0.05) is 5.69 Å². The second-order valence-electron chi connectivity index (χ2n) is 7.07. The molecule has 0 radical (unpaired) electrons. The van der Waals surface area contributed by atoms with E-state index < -0.39 is 18.0 Å². The van der Waals surface area contributed by atoms with E-state index in [0.717, 1.165) is 23.3 Å². The highest BCUT2D eigenvalue weighted by molar-refractivity contribution is 7.13. The second-order valence-corrected chi connectivity index (χ2v) is 8.28. The van der Waals surface area contributed by atoms with Crippen LogP contribution < -0.4 is 5.32 Å². The van der Waals surface area contributed by atoms with E-state index in [0.29, 0.717) is 16.3 Å². The van der Waals surface area contributed by atoms with E-state index in [2.05, 4.69) is 10.3 Å². The fourth-order valence-electron chi connectivity index (χ4n) is 3.80. The Morgan fingerprint density at radius 1 is 1.40 bits per heavy atom. The fraction of sp³-hybridized carbons (Fsp3) is 0.444. The third-order valence-electron chi connectivity index (χ3n) is 4.60. The Kier molecular flexibility index (Phi) is 4.39. The molecule has 0 spiro atoms. The van der Waals surface area contributed by atoms with Gasteiger partial charge >= 0.3 is 0 Å². The summed E-state index contributed by atoms with van der Waals surface area (Å²) in [6.07, 6.45) is -2.06. The zero-order valence-corrected chi connectivity index (χ0v) is 15.2. The maximum Gasteiger partial charge on any atom is 0.282 e. The first-order valence-corrected chi connectivity index (χ1v) is 8.83. The zero-order chi connectivity index (χ0) is 18.5. The maximum atomic E-state index is 14.4. The molecule has 1 N–H and O–H groups in total. The quantitative estimate of drug-likeness (QED) is 0.770. The van der Waals surface area contributed by atoms with Gasteiger partial charge in [-0.2, -0.15) is 0 Å². The van der Waals surface area contributed by atoms with E-state index in [4.69, 9.17) is 0 Å². The molecule has 1 aromatic carbocycles.